The van der Waals surface area contributed by atoms with E-state index in [1.807, 2.05) is 35.2 Å². The molecule has 2 saturated heterocycles. The molecule has 2 aliphatic heterocycles. The fourth-order valence-corrected chi connectivity index (χ4v) is 4.43. The summed E-state index contributed by atoms with van der Waals surface area (Å²) in [6.07, 6.45) is 1.07. The van der Waals surface area contributed by atoms with Crippen molar-refractivity contribution in [2.45, 2.75) is 19.8 Å². The second-order valence-electron chi connectivity index (χ2n) is 7.98. The summed E-state index contributed by atoms with van der Waals surface area (Å²) < 4.78 is 0. The standard InChI is InChI=1S/C23H26N4O4/c1-2-17-6-3-4-9-21(17)26-16-18(14-22(26)28)23(29)25-12-10-24(11-13-25)19-7-5-8-20(15-19)27(30)31/h3-9,15,18H,2,10-14,16H2,1H3/t18-/m1/s1. The van der Waals surface area contributed by atoms with Gasteiger partial charge in [0.2, 0.25) is 11.8 Å². The van der Waals surface area contributed by atoms with Crippen molar-refractivity contribution in [2.24, 2.45) is 5.92 Å². The first-order valence-corrected chi connectivity index (χ1v) is 10.6. The molecule has 1 atom stereocenters. The van der Waals surface area contributed by atoms with Crippen molar-refractivity contribution in [3.63, 3.8) is 0 Å². The van der Waals surface area contributed by atoms with E-state index in [0.717, 1.165) is 23.4 Å². The van der Waals surface area contributed by atoms with Gasteiger partial charge in [0.25, 0.3) is 5.69 Å². The third kappa shape index (κ3) is 4.23. The molecule has 8 nitrogen and oxygen atoms in total. The smallest absolute Gasteiger partial charge is 0.271 e. The topological polar surface area (TPSA) is 87.0 Å². The van der Waals surface area contributed by atoms with Crippen molar-refractivity contribution in [1.29, 1.82) is 0 Å². The lowest BCUT2D eigenvalue weighted by molar-refractivity contribution is -0.384. The van der Waals surface area contributed by atoms with Crippen LogP contribution in [0.2, 0.25) is 0 Å². The number of aryl methyl sites for hydroxylation is 1. The van der Waals surface area contributed by atoms with Gasteiger partial charge in [-0.2, -0.15) is 0 Å². The van der Waals surface area contributed by atoms with Gasteiger partial charge < -0.3 is 14.7 Å². The molecule has 2 aromatic carbocycles. The van der Waals surface area contributed by atoms with E-state index in [2.05, 4.69) is 11.8 Å². The molecule has 0 unspecified atom stereocenters. The number of carbonyl (C=O) groups is 2. The largest absolute Gasteiger partial charge is 0.368 e. The van der Waals surface area contributed by atoms with Crippen LogP contribution in [0.15, 0.2) is 48.5 Å². The minimum absolute atomic E-state index is 0.00511. The van der Waals surface area contributed by atoms with Gasteiger partial charge in [-0.05, 0) is 24.1 Å². The van der Waals surface area contributed by atoms with Crippen molar-refractivity contribution in [1.82, 2.24) is 4.90 Å². The average Bonchev–Trinajstić information content (AvgIpc) is 3.20. The molecule has 0 N–H and O–H groups in total. The highest BCUT2D eigenvalue weighted by Crippen LogP contribution is 2.30. The number of nitrogens with zero attached hydrogens (tertiary/aromatic N) is 4. The van der Waals surface area contributed by atoms with E-state index in [-0.39, 0.29) is 29.8 Å². The van der Waals surface area contributed by atoms with Gasteiger partial charge in [0.15, 0.2) is 0 Å². The first kappa shape index (κ1) is 20.8. The first-order chi connectivity index (χ1) is 15.0. The molecule has 2 amide bonds. The molecule has 4 rings (SSSR count). The molecule has 2 aliphatic rings. The summed E-state index contributed by atoms with van der Waals surface area (Å²) in [5.41, 5.74) is 2.86. The molecule has 0 bridgehead atoms. The predicted molar refractivity (Wildman–Crippen MR) is 118 cm³/mol. The van der Waals surface area contributed by atoms with Gasteiger partial charge >= 0.3 is 0 Å². The molecule has 31 heavy (non-hydrogen) atoms. The summed E-state index contributed by atoms with van der Waals surface area (Å²) >= 11 is 0. The number of anilines is 2. The summed E-state index contributed by atoms with van der Waals surface area (Å²) in [7, 11) is 0. The van der Waals surface area contributed by atoms with Gasteiger partial charge in [-0.15, -0.1) is 0 Å². The maximum Gasteiger partial charge on any atom is 0.271 e. The number of piperazine rings is 1. The number of nitro groups is 1. The molecule has 0 radical (unpaired) electrons. The highest BCUT2D eigenvalue weighted by atomic mass is 16.6. The van der Waals surface area contributed by atoms with E-state index in [9.17, 15) is 19.7 Å². The molecule has 2 fully saturated rings. The maximum atomic E-state index is 13.1. The van der Waals surface area contributed by atoms with Crippen LogP contribution in [0.3, 0.4) is 0 Å². The Bertz CT molecular complexity index is 1000. The van der Waals surface area contributed by atoms with Gasteiger partial charge in [0, 0.05) is 62.7 Å². The SMILES string of the molecule is CCc1ccccc1N1C[C@H](C(=O)N2CCN(c3cccc([N+](=O)[O-])c3)CC2)CC1=O. The number of non-ortho nitro benzene ring substituents is 1. The Kier molecular flexibility index (Phi) is 5.88. The summed E-state index contributed by atoms with van der Waals surface area (Å²) in [5, 5.41) is 11.0. The highest BCUT2D eigenvalue weighted by Gasteiger charge is 2.38. The second-order valence-corrected chi connectivity index (χ2v) is 7.98. The Balaban J connectivity index is 1.39. The second kappa shape index (κ2) is 8.75. The molecular formula is C23H26N4O4. The van der Waals surface area contributed by atoms with E-state index in [1.165, 1.54) is 6.07 Å². The summed E-state index contributed by atoms with van der Waals surface area (Å²) in [4.78, 5) is 42.0. The third-order valence-corrected chi connectivity index (χ3v) is 6.13. The number of nitro benzene ring substituents is 1. The maximum absolute atomic E-state index is 13.1. The normalized spacial score (nSPS) is 19.1. The van der Waals surface area contributed by atoms with E-state index >= 15 is 0 Å². The Morgan fingerprint density at radius 2 is 1.84 bits per heavy atom. The van der Waals surface area contributed by atoms with Crippen LogP contribution in [0.25, 0.3) is 0 Å². The van der Waals surface area contributed by atoms with Crippen LogP contribution in [0.1, 0.15) is 18.9 Å². The van der Waals surface area contributed by atoms with Crippen LogP contribution in [0.5, 0.6) is 0 Å². The lowest BCUT2D eigenvalue weighted by atomic mass is 10.1. The number of hydrogen-bond acceptors (Lipinski definition) is 5. The van der Waals surface area contributed by atoms with Crippen molar-refractivity contribution < 1.29 is 14.5 Å². The minimum atomic E-state index is -0.400. The van der Waals surface area contributed by atoms with Crippen LogP contribution in [-0.2, 0) is 16.0 Å². The first-order valence-electron chi connectivity index (χ1n) is 10.6. The zero-order chi connectivity index (χ0) is 22.0. The van der Waals surface area contributed by atoms with E-state index < -0.39 is 4.92 Å². The van der Waals surface area contributed by atoms with Crippen LogP contribution >= 0.6 is 0 Å². The highest BCUT2D eigenvalue weighted by molar-refractivity contribution is 6.00. The van der Waals surface area contributed by atoms with Gasteiger partial charge in [-0.3, -0.25) is 19.7 Å². The molecule has 0 aromatic heterocycles. The quantitative estimate of drug-likeness (QED) is 0.546. The lowest BCUT2D eigenvalue weighted by Gasteiger charge is -2.37. The number of para-hydroxylation sites is 1. The van der Waals surface area contributed by atoms with Crippen LogP contribution < -0.4 is 9.80 Å². The van der Waals surface area contributed by atoms with Gasteiger partial charge in [0.1, 0.15) is 0 Å². The summed E-state index contributed by atoms with van der Waals surface area (Å²) in [6, 6.07) is 14.4. The molecule has 2 heterocycles. The third-order valence-electron chi connectivity index (χ3n) is 6.13. The van der Waals surface area contributed by atoms with Crippen molar-refractivity contribution in [3.8, 4) is 0 Å². The Morgan fingerprint density at radius 1 is 1.10 bits per heavy atom. The molecule has 8 heteroatoms. The predicted octanol–water partition coefficient (Wildman–Crippen LogP) is 2.86. The fourth-order valence-electron chi connectivity index (χ4n) is 4.43. The van der Waals surface area contributed by atoms with Gasteiger partial charge in [0.05, 0.1) is 10.8 Å². The molecule has 2 aromatic rings. The Morgan fingerprint density at radius 3 is 2.55 bits per heavy atom. The van der Waals surface area contributed by atoms with Crippen LogP contribution in [0, 0.1) is 16.0 Å². The van der Waals surface area contributed by atoms with E-state index in [1.54, 1.807) is 17.0 Å². The van der Waals surface area contributed by atoms with Crippen LogP contribution in [0.4, 0.5) is 17.1 Å². The van der Waals surface area contributed by atoms with Crippen molar-refractivity contribution in [2.75, 3.05) is 42.5 Å². The minimum Gasteiger partial charge on any atom is -0.368 e. The zero-order valence-electron chi connectivity index (χ0n) is 17.6. The average molecular weight is 422 g/mol. The number of hydrogen-bond donors (Lipinski definition) is 0. The number of amides is 2. The fraction of sp³-hybridized carbons (Fsp3) is 0.391. The molecule has 162 valence electrons. The van der Waals surface area contributed by atoms with Gasteiger partial charge in [-0.25, -0.2) is 0 Å². The zero-order valence-corrected chi connectivity index (χ0v) is 17.6. The Labute approximate surface area is 181 Å². The van der Waals surface area contributed by atoms with Gasteiger partial charge in [-0.1, -0.05) is 31.2 Å². The molecule has 0 spiro atoms. The summed E-state index contributed by atoms with van der Waals surface area (Å²) in [5.74, 6) is -0.320. The van der Waals surface area contributed by atoms with E-state index in [0.29, 0.717) is 32.7 Å². The van der Waals surface area contributed by atoms with Crippen LogP contribution in [-0.4, -0.2) is 54.4 Å². The number of benzene rings is 2. The molecule has 0 saturated carbocycles. The Hall–Kier alpha value is -3.42. The molecule has 0 aliphatic carbocycles. The van der Waals surface area contributed by atoms with Crippen molar-refractivity contribution in [3.05, 3.63) is 64.2 Å². The number of carbonyl (C=O) groups excluding carboxylic acids is 2. The molecular weight excluding hydrogens is 396 g/mol. The number of rotatable bonds is 5. The van der Waals surface area contributed by atoms with Crippen molar-refractivity contribution >= 4 is 28.9 Å². The van der Waals surface area contributed by atoms with E-state index in [4.69, 9.17) is 0 Å². The summed E-state index contributed by atoms with van der Waals surface area (Å²) in [6.45, 7) is 4.77. The lowest BCUT2D eigenvalue weighted by Crippen LogP contribution is -2.50. The monoisotopic (exact) mass is 422 g/mol.